The third-order valence-corrected chi connectivity index (χ3v) is 5.72. The number of hydrogen-bond donors (Lipinski definition) is 1. The minimum Gasteiger partial charge on any atom is -0.375 e. The Labute approximate surface area is 123 Å². The molecule has 1 heterocycles. The summed E-state index contributed by atoms with van der Waals surface area (Å²) in [5, 5.41) is 3.47. The Hall–Kier alpha value is -0.130. The lowest BCUT2D eigenvalue weighted by atomic mass is 9.81. The Bertz CT molecular complexity index is 401. The first-order chi connectivity index (χ1) is 9.44. The summed E-state index contributed by atoms with van der Waals surface area (Å²) in [6, 6.07) is 0.0892. The first-order valence-corrected chi connectivity index (χ1v) is 10.1. The quantitative estimate of drug-likeness (QED) is 0.817. The van der Waals surface area contributed by atoms with Crippen molar-refractivity contribution < 1.29 is 13.2 Å². The van der Waals surface area contributed by atoms with Crippen molar-refractivity contribution in [3.05, 3.63) is 0 Å². The second kappa shape index (κ2) is 6.75. The molecule has 0 aromatic carbocycles. The van der Waals surface area contributed by atoms with Crippen molar-refractivity contribution in [3.8, 4) is 0 Å². The number of hydrogen-bond acceptors (Lipinski definition) is 4. The Balaban J connectivity index is 2.03. The van der Waals surface area contributed by atoms with Crippen molar-refractivity contribution in [2.75, 3.05) is 25.2 Å². The molecule has 2 aliphatic rings. The van der Waals surface area contributed by atoms with Crippen LogP contribution in [0.2, 0.25) is 0 Å². The summed E-state index contributed by atoms with van der Waals surface area (Å²) in [6.45, 7) is 3.80. The van der Waals surface area contributed by atoms with Crippen molar-refractivity contribution in [1.29, 1.82) is 0 Å². The number of nitrogens with one attached hydrogen (secondary N) is 1. The number of rotatable bonds is 6. The van der Waals surface area contributed by atoms with Crippen molar-refractivity contribution in [3.63, 3.8) is 0 Å². The van der Waals surface area contributed by atoms with E-state index in [1.165, 1.54) is 19.1 Å². The monoisotopic (exact) mass is 303 g/mol. The van der Waals surface area contributed by atoms with E-state index < -0.39 is 9.84 Å². The molecule has 1 saturated heterocycles. The Morgan fingerprint density at radius 2 is 2.05 bits per heavy atom. The van der Waals surface area contributed by atoms with Gasteiger partial charge in [0.1, 0.15) is 9.84 Å². The van der Waals surface area contributed by atoms with Gasteiger partial charge in [-0.2, -0.15) is 0 Å². The summed E-state index contributed by atoms with van der Waals surface area (Å²) in [5.74, 6) is 0.691. The van der Waals surface area contributed by atoms with Gasteiger partial charge in [-0.1, -0.05) is 19.8 Å². The van der Waals surface area contributed by atoms with Crippen LogP contribution >= 0.6 is 0 Å². The van der Waals surface area contributed by atoms with Crippen molar-refractivity contribution in [2.24, 2.45) is 5.92 Å². The predicted octanol–water partition coefficient (Wildman–Crippen LogP) is 2.14. The van der Waals surface area contributed by atoms with Crippen molar-refractivity contribution >= 4 is 9.84 Å². The van der Waals surface area contributed by atoms with E-state index in [2.05, 4.69) is 12.2 Å². The molecule has 1 aliphatic carbocycles. The van der Waals surface area contributed by atoms with Crippen LogP contribution < -0.4 is 5.32 Å². The van der Waals surface area contributed by atoms with E-state index in [-0.39, 0.29) is 17.4 Å². The van der Waals surface area contributed by atoms with Crippen LogP contribution in [-0.4, -0.2) is 45.2 Å². The molecule has 2 rings (SSSR count). The molecule has 1 spiro atoms. The van der Waals surface area contributed by atoms with E-state index in [1.807, 2.05) is 0 Å². The lowest BCUT2D eigenvalue weighted by molar-refractivity contribution is -0.0967. The van der Waals surface area contributed by atoms with Gasteiger partial charge in [-0.25, -0.2) is 8.42 Å². The van der Waals surface area contributed by atoms with Crippen molar-refractivity contribution in [2.45, 2.75) is 63.5 Å². The van der Waals surface area contributed by atoms with Crippen molar-refractivity contribution in [1.82, 2.24) is 5.32 Å². The molecule has 0 amide bonds. The highest BCUT2D eigenvalue weighted by atomic mass is 32.2. The summed E-state index contributed by atoms with van der Waals surface area (Å²) >= 11 is 0. The van der Waals surface area contributed by atoms with E-state index in [4.69, 9.17) is 4.74 Å². The largest absolute Gasteiger partial charge is 0.375 e. The lowest BCUT2D eigenvalue weighted by Gasteiger charge is -2.41. The van der Waals surface area contributed by atoms with E-state index >= 15 is 0 Å². The van der Waals surface area contributed by atoms with Crippen LogP contribution in [0.5, 0.6) is 0 Å². The fourth-order valence-electron chi connectivity index (χ4n) is 3.79. The smallest absolute Gasteiger partial charge is 0.148 e. The van der Waals surface area contributed by atoms with Crippen LogP contribution in [-0.2, 0) is 14.6 Å². The summed E-state index contributed by atoms with van der Waals surface area (Å²) in [6.07, 6.45) is 9.22. The van der Waals surface area contributed by atoms with E-state index in [9.17, 15) is 8.42 Å². The molecule has 1 saturated carbocycles. The van der Waals surface area contributed by atoms with Crippen LogP contribution in [0.1, 0.15) is 51.9 Å². The van der Waals surface area contributed by atoms with Gasteiger partial charge in [-0.3, -0.25) is 0 Å². The maximum absolute atomic E-state index is 11.7. The molecule has 1 aliphatic heterocycles. The Morgan fingerprint density at radius 3 is 2.65 bits per heavy atom. The molecule has 2 fully saturated rings. The van der Waals surface area contributed by atoms with E-state index in [1.54, 1.807) is 0 Å². The minimum atomic E-state index is -2.94. The van der Waals surface area contributed by atoms with Gasteiger partial charge in [0.05, 0.1) is 11.4 Å². The molecule has 2 unspecified atom stereocenters. The summed E-state index contributed by atoms with van der Waals surface area (Å²) in [7, 11) is -2.94. The molecule has 1 N–H and O–H groups in total. The zero-order valence-electron chi connectivity index (χ0n) is 12.9. The highest BCUT2D eigenvalue weighted by molar-refractivity contribution is 7.90. The van der Waals surface area contributed by atoms with Crippen LogP contribution in [0.3, 0.4) is 0 Å². The zero-order chi connectivity index (χ0) is 14.6. The fraction of sp³-hybridized carbons (Fsp3) is 1.00. The molecule has 118 valence electrons. The molecular formula is C15H29NO3S. The summed E-state index contributed by atoms with van der Waals surface area (Å²) in [5.41, 5.74) is 0.0621. The highest BCUT2D eigenvalue weighted by Gasteiger charge is 2.42. The van der Waals surface area contributed by atoms with Gasteiger partial charge in [0.2, 0.25) is 0 Å². The normalized spacial score (nSPS) is 27.8. The molecule has 0 bridgehead atoms. The molecule has 2 atom stereocenters. The average molecular weight is 303 g/mol. The topological polar surface area (TPSA) is 55.4 Å². The van der Waals surface area contributed by atoms with Gasteiger partial charge in [0, 0.05) is 18.9 Å². The maximum Gasteiger partial charge on any atom is 0.148 e. The van der Waals surface area contributed by atoms with Gasteiger partial charge in [-0.05, 0) is 44.6 Å². The van der Waals surface area contributed by atoms with Crippen LogP contribution in [0, 0.1) is 5.92 Å². The molecule has 0 aromatic rings. The first kappa shape index (κ1) is 16.2. The van der Waals surface area contributed by atoms with Gasteiger partial charge in [0.15, 0.2) is 0 Å². The van der Waals surface area contributed by atoms with Crippen LogP contribution in [0.25, 0.3) is 0 Å². The molecule has 0 aromatic heterocycles. The third kappa shape index (κ3) is 4.43. The average Bonchev–Trinajstić information content (AvgIpc) is 2.81. The Kier molecular flexibility index (Phi) is 5.49. The number of sulfone groups is 1. The molecule has 20 heavy (non-hydrogen) atoms. The summed E-state index contributed by atoms with van der Waals surface area (Å²) in [4.78, 5) is 0. The van der Waals surface area contributed by atoms with Gasteiger partial charge >= 0.3 is 0 Å². The van der Waals surface area contributed by atoms with E-state index in [0.29, 0.717) is 5.92 Å². The lowest BCUT2D eigenvalue weighted by Crippen LogP contribution is -2.48. The van der Waals surface area contributed by atoms with Gasteiger partial charge in [0.25, 0.3) is 0 Å². The predicted molar refractivity (Wildman–Crippen MR) is 81.7 cm³/mol. The molecular weight excluding hydrogens is 274 g/mol. The molecule has 4 nitrogen and oxygen atoms in total. The standard InChI is InChI=1S/C15H29NO3S/c1-3-9-16-14(12-20(2,17)18)13-6-10-19-15(11-13)7-4-5-8-15/h13-14,16H,3-12H2,1-2H3. The minimum absolute atomic E-state index is 0.0621. The van der Waals surface area contributed by atoms with Crippen LogP contribution in [0.15, 0.2) is 0 Å². The Morgan fingerprint density at radius 1 is 1.35 bits per heavy atom. The number of ether oxygens (including phenoxy) is 1. The SMILES string of the molecule is CCCNC(CS(C)(=O)=O)C1CCOC2(CCCC2)C1. The maximum atomic E-state index is 11.7. The van der Waals surface area contributed by atoms with Crippen LogP contribution in [0.4, 0.5) is 0 Å². The van der Waals surface area contributed by atoms with Gasteiger partial charge in [-0.15, -0.1) is 0 Å². The fourth-order valence-corrected chi connectivity index (χ4v) is 4.84. The highest BCUT2D eigenvalue weighted by Crippen LogP contribution is 2.42. The zero-order valence-corrected chi connectivity index (χ0v) is 13.7. The third-order valence-electron chi connectivity index (χ3n) is 4.75. The summed E-state index contributed by atoms with van der Waals surface area (Å²) < 4.78 is 29.4. The first-order valence-electron chi connectivity index (χ1n) is 7.99. The molecule has 5 heteroatoms. The molecule has 0 radical (unpaired) electrons. The second-order valence-electron chi connectivity index (χ2n) is 6.64. The second-order valence-corrected chi connectivity index (χ2v) is 8.83. The van der Waals surface area contributed by atoms with E-state index in [0.717, 1.165) is 45.3 Å². The van der Waals surface area contributed by atoms with Gasteiger partial charge < -0.3 is 10.1 Å².